The quantitative estimate of drug-likeness (QED) is 0.719. The highest BCUT2D eigenvalue weighted by atomic mass is 79.9. The van der Waals surface area contributed by atoms with E-state index in [1.807, 2.05) is 0 Å². The number of hydrogen-bond acceptors (Lipinski definition) is 2. The minimum Gasteiger partial charge on any atom is -0.488 e. The van der Waals surface area contributed by atoms with Crippen molar-refractivity contribution in [2.45, 2.75) is 50.7 Å². The molecule has 0 saturated heterocycles. The van der Waals surface area contributed by atoms with E-state index < -0.39 is 0 Å². The van der Waals surface area contributed by atoms with E-state index in [0.29, 0.717) is 15.8 Å². The first kappa shape index (κ1) is 15.0. The Balaban J connectivity index is 1.80. The van der Waals surface area contributed by atoms with Gasteiger partial charge in [-0.1, -0.05) is 42.5 Å². The number of hydrogen-bond donors (Lipinski definition) is 1. The molecule has 0 aliphatic heterocycles. The Morgan fingerprint density at radius 3 is 2.50 bits per heavy atom. The molecule has 1 spiro atoms. The lowest BCUT2D eigenvalue weighted by atomic mass is 9.55. The summed E-state index contributed by atoms with van der Waals surface area (Å²) in [7, 11) is 0. The molecular formula is C15H18BrCl2NO. The summed E-state index contributed by atoms with van der Waals surface area (Å²) in [5, 5.41) is 1.21. The van der Waals surface area contributed by atoms with Crippen molar-refractivity contribution in [2.24, 2.45) is 11.1 Å². The first-order chi connectivity index (χ1) is 9.53. The topological polar surface area (TPSA) is 35.2 Å². The highest BCUT2D eigenvalue weighted by Gasteiger charge is 2.55. The fraction of sp³-hybridized carbons (Fsp3) is 0.600. The third-order valence-corrected chi connectivity index (χ3v) is 6.37. The Morgan fingerprint density at radius 1 is 1.15 bits per heavy atom. The van der Waals surface area contributed by atoms with Crippen molar-refractivity contribution in [3.63, 3.8) is 0 Å². The molecule has 2 N–H and O–H groups in total. The van der Waals surface area contributed by atoms with E-state index in [1.165, 1.54) is 32.1 Å². The van der Waals surface area contributed by atoms with Gasteiger partial charge < -0.3 is 10.5 Å². The van der Waals surface area contributed by atoms with Crippen LogP contribution in [0.15, 0.2) is 16.6 Å². The van der Waals surface area contributed by atoms with E-state index in [-0.39, 0.29) is 17.6 Å². The molecule has 1 aromatic carbocycles. The van der Waals surface area contributed by atoms with Gasteiger partial charge in [0, 0.05) is 28.4 Å². The van der Waals surface area contributed by atoms with Crippen LogP contribution in [0.25, 0.3) is 0 Å². The number of benzene rings is 1. The smallest absolute Gasteiger partial charge is 0.139 e. The summed E-state index contributed by atoms with van der Waals surface area (Å²) in [4.78, 5) is 0. The molecule has 3 rings (SSSR count). The molecule has 2 aliphatic carbocycles. The highest BCUT2D eigenvalue weighted by molar-refractivity contribution is 9.10. The Bertz CT molecular complexity index is 517. The van der Waals surface area contributed by atoms with E-state index in [9.17, 15) is 0 Å². The molecule has 1 aromatic rings. The summed E-state index contributed by atoms with van der Waals surface area (Å²) in [5.74, 6) is 0.668. The fourth-order valence-electron chi connectivity index (χ4n) is 3.59. The third-order valence-electron chi connectivity index (χ3n) is 4.88. The maximum Gasteiger partial charge on any atom is 0.139 e. The van der Waals surface area contributed by atoms with E-state index >= 15 is 0 Å². The van der Waals surface area contributed by atoms with E-state index in [2.05, 4.69) is 15.9 Å². The van der Waals surface area contributed by atoms with Crippen LogP contribution in [0, 0.1) is 5.41 Å². The van der Waals surface area contributed by atoms with Crippen LogP contribution in [0.1, 0.15) is 38.5 Å². The Labute approximate surface area is 138 Å². The second kappa shape index (κ2) is 5.68. The van der Waals surface area contributed by atoms with E-state index in [0.717, 1.165) is 10.9 Å². The SMILES string of the molecule is NC1CC(Oc2cc(Cl)c(Br)cc2Cl)C12CCCCC2. The van der Waals surface area contributed by atoms with Crippen LogP contribution in [0.3, 0.4) is 0 Å². The zero-order valence-electron chi connectivity index (χ0n) is 11.2. The van der Waals surface area contributed by atoms with Gasteiger partial charge >= 0.3 is 0 Å². The molecule has 2 saturated carbocycles. The molecule has 2 fully saturated rings. The van der Waals surface area contributed by atoms with Gasteiger partial charge in [-0.25, -0.2) is 0 Å². The predicted octanol–water partition coefficient (Wildman–Crippen LogP) is 5.18. The molecule has 2 atom stereocenters. The Morgan fingerprint density at radius 2 is 1.85 bits per heavy atom. The van der Waals surface area contributed by atoms with Crippen LogP contribution in [0.5, 0.6) is 5.75 Å². The molecule has 2 unspecified atom stereocenters. The second-order valence-electron chi connectivity index (χ2n) is 5.94. The molecule has 5 heteroatoms. The number of rotatable bonds is 2. The summed E-state index contributed by atoms with van der Waals surface area (Å²) < 4.78 is 6.95. The normalized spacial score (nSPS) is 28.2. The molecule has 0 amide bonds. The molecule has 0 radical (unpaired) electrons. The lowest BCUT2D eigenvalue weighted by Gasteiger charge is -2.56. The maximum atomic E-state index is 6.28. The predicted molar refractivity (Wildman–Crippen MR) is 86.7 cm³/mol. The molecular weight excluding hydrogens is 361 g/mol. The monoisotopic (exact) mass is 377 g/mol. The van der Waals surface area contributed by atoms with Gasteiger partial charge in [-0.2, -0.15) is 0 Å². The van der Waals surface area contributed by atoms with Gasteiger partial charge in [0.15, 0.2) is 0 Å². The molecule has 110 valence electrons. The van der Waals surface area contributed by atoms with E-state index in [4.69, 9.17) is 33.7 Å². The first-order valence-electron chi connectivity index (χ1n) is 7.10. The van der Waals surface area contributed by atoms with Gasteiger partial charge in [-0.05, 0) is 34.8 Å². The average molecular weight is 379 g/mol. The van der Waals surface area contributed by atoms with Gasteiger partial charge in [0.2, 0.25) is 0 Å². The number of nitrogens with two attached hydrogens (primary N) is 1. The minimum atomic E-state index is 0.154. The van der Waals surface area contributed by atoms with Gasteiger partial charge in [0.1, 0.15) is 11.9 Å². The van der Waals surface area contributed by atoms with Crippen molar-refractivity contribution in [1.29, 1.82) is 0 Å². The molecule has 2 nitrogen and oxygen atoms in total. The highest BCUT2D eigenvalue weighted by Crippen LogP contribution is 2.53. The van der Waals surface area contributed by atoms with Crippen molar-refractivity contribution in [1.82, 2.24) is 0 Å². The minimum absolute atomic E-state index is 0.154. The Hall–Kier alpha value is 0.0400. The molecule has 2 aliphatic rings. The number of ether oxygens (including phenoxy) is 1. The Kier molecular flexibility index (Phi) is 4.24. The summed E-state index contributed by atoms with van der Waals surface area (Å²) >= 11 is 15.7. The van der Waals surface area contributed by atoms with Gasteiger partial charge in [-0.15, -0.1) is 0 Å². The van der Waals surface area contributed by atoms with E-state index in [1.54, 1.807) is 12.1 Å². The van der Waals surface area contributed by atoms with Gasteiger partial charge in [-0.3, -0.25) is 0 Å². The second-order valence-corrected chi connectivity index (χ2v) is 7.61. The van der Waals surface area contributed by atoms with Crippen molar-refractivity contribution in [3.05, 3.63) is 26.7 Å². The van der Waals surface area contributed by atoms with Gasteiger partial charge in [0.25, 0.3) is 0 Å². The van der Waals surface area contributed by atoms with Crippen LogP contribution in [-0.4, -0.2) is 12.1 Å². The van der Waals surface area contributed by atoms with Crippen LogP contribution >= 0.6 is 39.1 Å². The zero-order chi connectivity index (χ0) is 14.3. The van der Waals surface area contributed by atoms with Crippen molar-refractivity contribution >= 4 is 39.1 Å². The third kappa shape index (κ3) is 2.47. The molecule has 0 heterocycles. The summed E-state index contributed by atoms with van der Waals surface area (Å²) in [5.41, 5.74) is 6.43. The summed E-state index contributed by atoms with van der Waals surface area (Å²) in [6.07, 6.45) is 7.23. The maximum absolute atomic E-state index is 6.28. The fourth-order valence-corrected chi connectivity index (χ4v) is 4.43. The van der Waals surface area contributed by atoms with Gasteiger partial charge in [0.05, 0.1) is 10.0 Å². The largest absolute Gasteiger partial charge is 0.488 e. The number of halogens is 3. The van der Waals surface area contributed by atoms with Crippen LogP contribution < -0.4 is 10.5 Å². The lowest BCUT2D eigenvalue weighted by Crippen LogP contribution is -2.64. The summed E-state index contributed by atoms with van der Waals surface area (Å²) in [6.45, 7) is 0. The van der Waals surface area contributed by atoms with Crippen LogP contribution in [0.2, 0.25) is 10.0 Å². The van der Waals surface area contributed by atoms with Crippen LogP contribution in [-0.2, 0) is 0 Å². The molecule has 0 aromatic heterocycles. The lowest BCUT2D eigenvalue weighted by molar-refractivity contribution is -0.0898. The molecule has 20 heavy (non-hydrogen) atoms. The van der Waals surface area contributed by atoms with Crippen molar-refractivity contribution in [2.75, 3.05) is 0 Å². The van der Waals surface area contributed by atoms with Crippen LogP contribution in [0.4, 0.5) is 0 Å². The summed E-state index contributed by atoms with van der Waals surface area (Å²) in [6, 6.07) is 3.83. The zero-order valence-corrected chi connectivity index (χ0v) is 14.3. The average Bonchev–Trinajstić information content (AvgIpc) is 2.45. The van der Waals surface area contributed by atoms with Crippen molar-refractivity contribution < 1.29 is 4.74 Å². The van der Waals surface area contributed by atoms with Crippen molar-refractivity contribution in [3.8, 4) is 5.75 Å². The first-order valence-corrected chi connectivity index (χ1v) is 8.64. The molecule has 0 bridgehead atoms. The standard InChI is InChI=1S/C15H18BrCl2NO/c16-9-6-11(18)12(7-10(9)17)20-14-8-13(19)15(14)4-2-1-3-5-15/h6-7,13-14H,1-5,8,19H2.